The number of rotatable bonds is 7. The number of esters is 1. The first kappa shape index (κ1) is 22.5. The summed E-state index contributed by atoms with van der Waals surface area (Å²) in [6.07, 6.45) is 0. The largest absolute Gasteiger partial charge is 0.457 e. The van der Waals surface area contributed by atoms with Gasteiger partial charge in [-0.05, 0) is 59.2 Å². The van der Waals surface area contributed by atoms with Crippen LogP contribution in [0.25, 0.3) is 11.1 Å². The lowest BCUT2D eigenvalue weighted by Gasteiger charge is -2.11. The Morgan fingerprint density at radius 3 is 2.06 bits per heavy atom. The zero-order valence-corrected chi connectivity index (χ0v) is 18.3. The molecule has 0 spiro atoms. The third kappa shape index (κ3) is 5.37. The van der Waals surface area contributed by atoms with Crippen molar-refractivity contribution in [1.29, 1.82) is 5.41 Å². The number of ether oxygens (including phenoxy) is 1. The summed E-state index contributed by atoms with van der Waals surface area (Å²) in [5, 5.41) is 10.3. The number of carbonyl (C=O) groups is 2. The molecule has 6 heteroatoms. The molecule has 34 heavy (non-hydrogen) atoms. The van der Waals surface area contributed by atoms with Crippen molar-refractivity contribution in [3.63, 3.8) is 0 Å². The van der Waals surface area contributed by atoms with E-state index in [0.717, 1.165) is 16.7 Å². The van der Waals surface area contributed by atoms with Crippen LogP contribution in [-0.2, 0) is 11.3 Å². The molecule has 0 bridgehead atoms. The van der Waals surface area contributed by atoms with E-state index in [1.165, 1.54) is 0 Å². The molecule has 4 aromatic rings. The number of hydrogen-bond acceptors (Lipinski definition) is 4. The van der Waals surface area contributed by atoms with Crippen molar-refractivity contribution in [2.24, 2.45) is 5.73 Å². The Morgan fingerprint density at radius 2 is 1.38 bits per heavy atom. The lowest BCUT2D eigenvalue weighted by Crippen LogP contribution is -2.14. The van der Waals surface area contributed by atoms with Gasteiger partial charge in [0.2, 0.25) is 0 Å². The number of carbonyl (C=O) groups excluding carboxylic acids is 2. The van der Waals surface area contributed by atoms with Crippen molar-refractivity contribution in [3.05, 3.63) is 125 Å². The van der Waals surface area contributed by atoms with Gasteiger partial charge in [-0.25, -0.2) is 4.79 Å². The van der Waals surface area contributed by atoms with Gasteiger partial charge in [-0.2, -0.15) is 0 Å². The summed E-state index contributed by atoms with van der Waals surface area (Å²) in [7, 11) is 0. The molecule has 6 nitrogen and oxygen atoms in total. The van der Waals surface area contributed by atoms with Gasteiger partial charge in [0.25, 0.3) is 5.91 Å². The van der Waals surface area contributed by atoms with Gasteiger partial charge < -0.3 is 15.8 Å². The van der Waals surface area contributed by atoms with E-state index in [1.807, 2.05) is 42.5 Å². The van der Waals surface area contributed by atoms with Crippen molar-refractivity contribution in [3.8, 4) is 11.1 Å². The maximum Gasteiger partial charge on any atom is 0.338 e. The molecule has 0 heterocycles. The third-order valence-electron chi connectivity index (χ3n) is 5.27. The highest BCUT2D eigenvalue weighted by molar-refractivity contribution is 6.09. The second-order valence-corrected chi connectivity index (χ2v) is 7.63. The molecule has 4 N–H and O–H groups in total. The zero-order chi connectivity index (χ0) is 23.9. The highest BCUT2D eigenvalue weighted by Gasteiger charge is 2.14. The van der Waals surface area contributed by atoms with Crippen LogP contribution in [0, 0.1) is 5.41 Å². The summed E-state index contributed by atoms with van der Waals surface area (Å²) >= 11 is 0. The van der Waals surface area contributed by atoms with Gasteiger partial charge in [0, 0.05) is 16.8 Å². The van der Waals surface area contributed by atoms with E-state index in [1.54, 1.807) is 60.7 Å². The summed E-state index contributed by atoms with van der Waals surface area (Å²) in [4.78, 5) is 25.4. The maximum atomic E-state index is 13.0. The van der Waals surface area contributed by atoms with Crippen molar-refractivity contribution in [2.75, 3.05) is 5.32 Å². The number of nitrogen functional groups attached to an aromatic ring is 1. The minimum Gasteiger partial charge on any atom is -0.457 e. The van der Waals surface area contributed by atoms with Gasteiger partial charge >= 0.3 is 5.97 Å². The number of amides is 1. The average molecular weight is 450 g/mol. The topological polar surface area (TPSA) is 105 Å². The molecule has 1 amide bonds. The van der Waals surface area contributed by atoms with Crippen LogP contribution < -0.4 is 11.1 Å². The number of anilines is 1. The Balaban J connectivity index is 1.47. The SMILES string of the molecule is N=C(N)c1ccc(NC(=O)c2ccccc2-c2ccc(C(=O)OCc3ccccc3)cc2)cc1. The van der Waals surface area contributed by atoms with Gasteiger partial charge in [0.15, 0.2) is 0 Å². The Kier molecular flexibility index (Phi) is 6.79. The second-order valence-electron chi connectivity index (χ2n) is 7.63. The van der Waals surface area contributed by atoms with Crippen LogP contribution in [0.5, 0.6) is 0 Å². The molecule has 0 radical (unpaired) electrons. The molecule has 0 fully saturated rings. The normalized spacial score (nSPS) is 10.4. The lowest BCUT2D eigenvalue weighted by molar-refractivity contribution is 0.0472. The second kappa shape index (κ2) is 10.3. The quantitative estimate of drug-likeness (QED) is 0.204. The first-order valence-electron chi connectivity index (χ1n) is 10.7. The Bertz CT molecular complexity index is 1320. The number of nitrogens with one attached hydrogen (secondary N) is 2. The van der Waals surface area contributed by atoms with E-state index in [-0.39, 0.29) is 18.3 Å². The van der Waals surface area contributed by atoms with Gasteiger partial charge in [0.05, 0.1) is 5.56 Å². The third-order valence-corrected chi connectivity index (χ3v) is 5.27. The smallest absolute Gasteiger partial charge is 0.338 e. The molecular weight excluding hydrogens is 426 g/mol. The fourth-order valence-electron chi connectivity index (χ4n) is 3.46. The molecule has 0 aliphatic rings. The number of benzene rings is 4. The monoisotopic (exact) mass is 449 g/mol. The van der Waals surface area contributed by atoms with Crippen molar-refractivity contribution >= 4 is 23.4 Å². The van der Waals surface area contributed by atoms with Crippen LogP contribution in [0.2, 0.25) is 0 Å². The lowest BCUT2D eigenvalue weighted by atomic mass is 9.98. The molecule has 0 unspecified atom stereocenters. The van der Waals surface area contributed by atoms with Gasteiger partial charge in [-0.3, -0.25) is 10.2 Å². The van der Waals surface area contributed by atoms with Crippen LogP contribution in [0.3, 0.4) is 0 Å². The first-order chi connectivity index (χ1) is 16.5. The van der Waals surface area contributed by atoms with Crippen molar-refractivity contribution < 1.29 is 14.3 Å². The molecule has 0 saturated carbocycles. The predicted molar refractivity (Wildman–Crippen MR) is 133 cm³/mol. The highest BCUT2D eigenvalue weighted by atomic mass is 16.5. The zero-order valence-electron chi connectivity index (χ0n) is 18.3. The van der Waals surface area contributed by atoms with Crippen LogP contribution in [0.4, 0.5) is 5.69 Å². The van der Waals surface area contributed by atoms with Crippen LogP contribution in [0.15, 0.2) is 103 Å². The van der Waals surface area contributed by atoms with E-state index in [4.69, 9.17) is 15.9 Å². The van der Waals surface area contributed by atoms with E-state index in [9.17, 15) is 9.59 Å². The van der Waals surface area contributed by atoms with E-state index in [2.05, 4.69) is 5.32 Å². The highest BCUT2D eigenvalue weighted by Crippen LogP contribution is 2.25. The predicted octanol–water partition coefficient (Wildman–Crippen LogP) is 5.25. The van der Waals surface area contributed by atoms with Gasteiger partial charge in [-0.15, -0.1) is 0 Å². The molecule has 4 rings (SSSR count). The van der Waals surface area contributed by atoms with Crippen molar-refractivity contribution in [2.45, 2.75) is 6.61 Å². The van der Waals surface area contributed by atoms with Crippen LogP contribution in [-0.4, -0.2) is 17.7 Å². The molecular formula is C28H23N3O3. The fraction of sp³-hybridized carbons (Fsp3) is 0.0357. The average Bonchev–Trinajstić information content (AvgIpc) is 2.88. The summed E-state index contributed by atoms with van der Waals surface area (Å²) in [5.74, 6) is -0.705. The van der Waals surface area contributed by atoms with E-state index in [0.29, 0.717) is 22.4 Å². The minimum atomic E-state index is -0.407. The number of hydrogen-bond donors (Lipinski definition) is 3. The number of amidine groups is 1. The van der Waals surface area contributed by atoms with Crippen LogP contribution >= 0.6 is 0 Å². The standard InChI is InChI=1S/C28H23N3O3/c29-26(30)21-14-16-23(17-15-21)31-27(32)25-9-5-4-8-24(25)20-10-12-22(13-11-20)28(33)34-18-19-6-2-1-3-7-19/h1-17H,18H2,(H3,29,30)(H,31,32). The summed E-state index contributed by atoms with van der Waals surface area (Å²) in [6.45, 7) is 0.206. The number of nitrogens with two attached hydrogens (primary N) is 1. The van der Waals surface area contributed by atoms with E-state index >= 15 is 0 Å². The van der Waals surface area contributed by atoms with Gasteiger partial charge in [-0.1, -0.05) is 60.7 Å². The Morgan fingerprint density at radius 1 is 0.765 bits per heavy atom. The first-order valence-corrected chi connectivity index (χ1v) is 10.7. The van der Waals surface area contributed by atoms with Crippen LogP contribution in [0.1, 0.15) is 31.8 Å². The summed E-state index contributed by atoms with van der Waals surface area (Å²) < 4.78 is 5.39. The fourth-order valence-corrected chi connectivity index (χ4v) is 3.46. The molecule has 0 aromatic heterocycles. The van der Waals surface area contributed by atoms with Crippen molar-refractivity contribution in [1.82, 2.24) is 0 Å². The molecule has 0 aliphatic heterocycles. The minimum absolute atomic E-state index is 0.0318. The molecule has 168 valence electrons. The summed E-state index contributed by atoms with van der Waals surface area (Å²) in [5.41, 5.74) is 10.1. The summed E-state index contributed by atoms with van der Waals surface area (Å²) in [6, 6.07) is 30.5. The molecule has 0 aliphatic carbocycles. The Labute approximate surface area is 197 Å². The molecule has 0 atom stereocenters. The molecule has 0 saturated heterocycles. The van der Waals surface area contributed by atoms with Gasteiger partial charge in [0.1, 0.15) is 12.4 Å². The Hall–Kier alpha value is -4.71. The molecule has 4 aromatic carbocycles. The maximum absolute atomic E-state index is 13.0. The van der Waals surface area contributed by atoms with E-state index < -0.39 is 5.97 Å².